The van der Waals surface area contributed by atoms with Gasteiger partial charge in [-0.3, -0.25) is 4.79 Å². The topological polar surface area (TPSA) is 35.6 Å². The van der Waals surface area contributed by atoms with Gasteiger partial charge in [-0.2, -0.15) is 0 Å². The molecular weight excluding hydrogens is 202 g/mol. The number of rotatable bonds is 1. The quantitative estimate of drug-likeness (QED) is 0.697. The van der Waals surface area contributed by atoms with Gasteiger partial charge in [-0.15, -0.1) is 0 Å². The number of nitrogens with zero attached hydrogens (tertiary/aromatic N) is 2. The number of nitrogens with one attached hydrogen (secondary N) is 1. The second-order valence-electron chi connectivity index (χ2n) is 4.98. The van der Waals surface area contributed by atoms with E-state index in [0.29, 0.717) is 5.91 Å². The Hall–Kier alpha value is -0.610. The van der Waals surface area contributed by atoms with Crippen LogP contribution >= 0.6 is 0 Å². The lowest BCUT2D eigenvalue weighted by atomic mass is 10.1. The zero-order valence-electron chi connectivity index (χ0n) is 10.2. The zero-order chi connectivity index (χ0) is 11.4. The van der Waals surface area contributed by atoms with Crippen LogP contribution in [-0.4, -0.2) is 61.5 Å². The van der Waals surface area contributed by atoms with Crippen LogP contribution in [0.3, 0.4) is 0 Å². The van der Waals surface area contributed by atoms with E-state index in [-0.39, 0.29) is 6.04 Å². The lowest BCUT2D eigenvalue weighted by Crippen LogP contribution is -2.53. The molecule has 1 unspecified atom stereocenters. The predicted molar refractivity (Wildman–Crippen MR) is 64.3 cm³/mol. The van der Waals surface area contributed by atoms with Gasteiger partial charge in [0.05, 0.1) is 6.04 Å². The van der Waals surface area contributed by atoms with Gasteiger partial charge < -0.3 is 15.1 Å². The van der Waals surface area contributed by atoms with Crippen LogP contribution in [0.25, 0.3) is 0 Å². The van der Waals surface area contributed by atoms with E-state index in [1.165, 1.54) is 19.3 Å². The average molecular weight is 225 g/mol. The van der Waals surface area contributed by atoms with Crippen molar-refractivity contribution in [3.8, 4) is 0 Å². The maximum atomic E-state index is 12.3. The molecule has 0 saturated carbocycles. The molecule has 0 aromatic rings. The minimum absolute atomic E-state index is 0.0888. The lowest BCUT2D eigenvalue weighted by Gasteiger charge is -2.34. The molecule has 0 aliphatic carbocycles. The van der Waals surface area contributed by atoms with Crippen molar-refractivity contribution in [1.82, 2.24) is 15.1 Å². The molecule has 2 fully saturated rings. The van der Waals surface area contributed by atoms with E-state index in [4.69, 9.17) is 0 Å². The van der Waals surface area contributed by atoms with Gasteiger partial charge in [0.1, 0.15) is 0 Å². The van der Waals surface area contributed by atoms with Crippen molar-refractivity contribution in [3.05, 3.63) is 0 Å². The molecule has 4 heteroatoms. The van der Waals surface area contributed by atoms with Gasteiger partial charge in [-0.25, -0.2) is 0 Å². The van der Waals surface area contributed by atoms with Gasteiger partial charge in [0, 0.05) is 26.2 Å². The summed E-state index contributed by atoms with van der Waals surface area (Å²) < 4.78 is 0. The Labute approximate surface area is 98.0 Å². The summed E-state index contributed by atoms with van der Waals surface area (Å²) >= 11 is 0. The van der Waals surface area contributed by atoms with Crippen LogP contribution in [0, 0.1) is 0 Å². The molecule has 0 spiro atoms. The Morgan fingerprint density at radius 2 is 1.88 bits per heavy atom. The molecule has 0 aromatic heterocycles. The molecule has 4 nitrogen and oxygen atoms in total. The van der Waals surface area contributed by atoms with Gasteiger partial charge in [0.25, 0.3) is 0 Å². The summed E-state index contributed by atoms with van der Waals surface area (Å²) in [7, 11) is 2.12. The highest BCUT2D eigenvalue weighted by Gasteiger charge is 2.26. The highest BCUT2D eigenvalue weighted by atomic mass is 16.2. The van der Waals surface area contributed by atoms with E-state index in [9.17, 15) is 4.79 Å². The number of carbonyl (C=O) groups is 1. The number of hydrogen-bond acceptors (Lipinski definition) is 3. The molecule has 2 aliphatic heterocycles. The van der Waals surface area contributed by atoms with Crippen molar-refractivity contribution in [2.75, 3.05) is 39.8 Å². The fourth-order valence-corrected chi connectivity index (χ4v) is 2.49. The number of hydrogen-bond donors (Lipinski definition) is 1. The molecule has 1 N–H and O–H groups in total. The summed E-state index contributed by atoms with van der Waals surface area (Å²) in [5, 5.41) is 3.39. The third-order valence-electron chi connectivity index (χ3n) is 3.67. The van der Waals surface area contributed by atoms with Gasteiger partial charge >= 0.3 is 0 Å². The maximum Gasteiger partial charge on any atom is 0.239 e. The number of piperazine rings is 1. The van der Waals surface area contributed by atoms with E-state index < -0.39 is 0 Å². The van der Waals surface area contributed by atoms with Crippen LogP contribution in [0.1, 0.15) is 25.7 Å². The van der Waals surface area contributed by atoms with Crippen molar-refractivity contribution < 1.29 is 4.79 Å². The van der Waals surface area contributed by atoms with Crippen molar-refractivity contribution in [2.24, 2.45) is 0 Å². The molecule has 16 heavy (non-hydrogen) atoms. The molecule has 1 atom stereocenters. The van der Waals surface area contributed by atoms with Crippen LogP contribution in [0.2, 0.25) is 0 Å². The monoisotopic (exact) mass is 225 g/mol. The Morgan fingerprint density at radius 1 is 1.12 bits per heavy atom. The first kappa shape index (κ1) is 11.9. The van der Waals surface area contributed by atoms with E-state index in [0.717, 1.165) is 39.1 Å². The predicted octanol–water partition coefficient (Wildman–Crippen LogP) is 0.293. The van der Waals surface area contributed by atoms with Crippen LogP contribution < -0.4 is 5.32 Å². The minimum Gasteiger partial charge on any atom is -0.339 e. The zero-order valence-corrected chi connectivity index (χ0v) is 10.2. The standard InChI is InChI=1S/C12H23N3O/c1-14-7-9-15(10-8-14)12(16)11-5-3-2-4-6-13-11/h11,13H,2-10H2,1H3. The first-order valence-corrected chi connectivity index (χ1v) is 6.48. The fraction of sp³-hybridized carbons (Fsp3) is 0.917. The van der Waals surface area contributed by atoms with Crippen molar-refractivity contribution >= 4 is 5.91 Å². The van der Waals surface area contributed by atoms with E-state index in [1.54, 1.807) is 0 Å². The summed E-state index contributed by atoms with van der Waals surface area (Å²) in [6, 6.07) is 0.0888. The van der Waals surface area contributed by atoms with E-state index >= 15 is 0 Å². The Balaban J connectivity index is 1.85. The summed E-state index contributed by atoms with van der Waals surface area (Å²) in [6.45, 7) is 4.82. The smallest absolute Gasteiger partial charge is 0.239 e. The SMILES string of the molecule is CN1CCN(C(=O)C2CCCCCN2)CC1. The molecule has 2 heterocycles. The van der Waals surface area contributed by atoms with Crippen molar-refractivity contribution in [2.45, 2.75) is 31.7 Å². The van der Waals surface area contributed by atoms with Crippen LogP contribution in [0.5, 0.6) is 0 Å². The third-order valence-corrected chi connectivity index (χ3v) is 3.67. The van der Waals surface area contributed by atoms with Crippen LogP contribution in [0.15, 0.2) is 0 Å². The number of carbonyl (C=O) groups excluding carboxylic acids is 1. The lowest BCUT2D eigenvalue weighted by molar-refractivity contribution is -0.135. The number of amides is 1. The van der Waals surface area contributed by atoms with Crippen LogP contribution in [0.4, 0.5) is 0 Å². The summed E-state index contributed by atoms with van der Waals surface area (Å²) in [5.41, 5.74) is 0. The normalized spacial score (nSPS) is 28.8. The van der Waals surface area contributed by atoms with Gasteiger partial charge in [-0.1, -0.05) is 12.8 Å². The van der Waals surface area contributed by atoms with Crippen molar-refractivity contribution in [3.63, 3.8) is 0 Å². The van der Waals surface area contributed by atoms with Crippen molar-refractivity contribution in [1.29, 1.82) is 0 Å². The third kappa shape index (κ3) is 2.95. The second kappa shape index (κ2) is 5.64. The average Bonchev–Trinajstić information content (AvgIpc) is 2.57. The molecular formula is C12H23N3O. The molecule has 0 bridgehead atoms. The Morgan fingerprint density at radius 3 is 2.62 bits per heavy atom. The minimum atomic E-state index is 0.0888. The summed E-state index contributed by atoms with van der Waals surface area (Å²) in [6.07, 6.45) is 4.69. The summed E-state index contributed by atoms with van der Waals surface area (Å²) in [4.78, 5) is 16.6. The first-order chi connectivity index (χ1) is 7.77. The molecule has 0 aromatic carbocycles. The Kier molecular flexibility index (Phi) is 4.18. The highest BCUT2D eigenvalue weighted by molar-refractivity contribution is 5.82. The number of likely N-dealkylation sites (N-methyl/N-ethyl adjacent to an activating group) is 1. The highest BCUT2D eigenvalue weighted by Crippen LogP contribution is 2.11. The molecule has 92 valence electrons. The maximum absolute atomic E-state index is 12.3. The Bertz CT molecular complexity index is 228. The molecule has 0 radical (unpaired) electrons. The first-order valence-electron chi connectivity index (χ1n) is 6.48. The van der Waals surface area contributed by atoms with E-state index in [1.807, 2.05) is 4.90 Å². The largest absolute Gasteiger partial charge is 0.339 e. The molecule has 2 saturated heterocycles. The molecule has 2 aliphatic rings. The fourth-order valence-electron chi connectivity index (χ4n) is 2.49. The van der Waals surface area contributed by atoms with Gasteiger partial charge in [0.15, 0.2) is 0 Å². The van der Waals surface area contributed by atoms with Crippen LogP contribution in [-0.2, 0) is 4.79 Å². The van der Waals surface area contributed by atoms with Gasteiger partial charge in [0.2, 0.25) is 5.91 Å². The molecule has 2 rings (SSSR count). The molecule has 1 amide bonds. The van der Waals surface area contributed by atoms with Gasteiger partial charge in [-0.05, 0) is 26.4 Å². The summed E-state index contributed by atoms with van der Waals surface area (Å²) in [5.74, 6) is 0.329. The van der Waals surface area contributed by atoms with E-state index in [2.05, 4.69) is 17.3 Å². The second-order valence-corrected chi connectivity index (χ2v) is 4.98.